The molecule has 3 unspecified atom stereocenters. The van der Waals surface area contributed by atoms with Gasteiger partial charge in [-0.1, -0.05) is 0 Å². The summed E-state index contributed by atoms with van der Waals surface area (Å²) in [7, 11) is 4.07. The van der Waals surface area contributed by atoms with E-state index in [2.05, 4.69) is 15.5 Å². The molecule has 6 heteroatoms. The zero-order chi connectivity index (χ0) is 14.0. The van der Waals surface area contributed by atoms with Crippen molar-refractivity contribution in [3.63, 3.8) is 0 Å². The molecule has 19 heavy (non-hydrogen) atoms. The van der Waals surface area contributed by atoms with Gasteiger partial charge in [0, 0.05) is 18.5 Å². The van der Waals surface area contributed by atoms with Gasteiger partial charge >= 0.3 is 0 Å². The first-order chi connectivity index (χ1) is 8.87. The zero-order valence-corrected chi connectivity index (χ0v) is 11.6. The first-order valence-electron chi connectivity index (χ1n) is 6.95. The molecule has 2 aliphatic rings. The van der Waals surface area contributed by atoms with Gasteiger partial charge in [-0.15, -0.1) is 0 Å². The van der Waals surface area contributed by atoms with Crippen LogP contribution in [0.4, 0.5) is 8.78 Å². The number of carbonyl (C=O) groups is 1. The Morgan fingerprint density at radius 2 is 2.11 bits per heavy atom. The molecule has 0 aromatic heterocycles. The fourth-order valence-corrected chi connectivity index (χ4v) is 2.97. The smallest absolute Gasteiger partial charge is 0.262 e. The van der Waals surface area contributed by atoms with Gasteiger partial charge in [-0.2, -0.15) is 0 Å². The van der Waals surface area contributed by atoms with Crippen LogP contribution in [-0.2, 0) is 4.79 Å². The molecule has 3 atom stereocenters. The van der Waals surface area contributed by atoms with Gasteiger partial charge < -0.3 is 10.2 Å². The molecule has 0 radical (unpaired) electrons. The maximum absolute atomic E-state index is 13.1. The summed E-state index contributed by atoms with van der Waals surface area (Å²) in [5.41, 5.74) is 0. The number of hydrogen-bond donors (Lipinski definition) is 2. The summed E-state index contributed by atoms with van der Waals surface area (Å²) >= 11 is 0. The Bertz CT molecular complexity index is 336. The van der Waals surface area contributed by atoms with Crippen molar-refractivity contribution in [2.45, 2.75) is 56.2 Å². The zero-order valence-electron chi connectivity index (χ0n) is 11.6. The lowest BCUT2D eigenvalue weighted by Crippen LogP contribution is -2.48. The SMILES string of the molecule is CN(C)C1CCCC(NC(=O)C2CC(F)(F)CN2)C1. The fourth-order valence-electron chi connectivity index (χ4n) is 2.97. The van der Waals surface area contributed by atoms with Crippen LogP contribution in [0, 0.1) is 0 Å². The van der Waals surface area contributed by atoms with E-state index in [1.807, 2.05) is 14.1 Å². The maximum Gasteiger partial charge on any atom is 0.262 e. The van der Waals surface area contributed by atoms with Crippen LogP contribution in [0.5, 0.6) is 0 Å². The predicted octanol–water partition coefficient (Wildman–Crippen LogP) is 0.973. The Morgan fingerprint density at radius 3 is 2.68 bits per heavy atom. The van der Waals surface area contributed by atoms with Gasteiger partial charge in [-0.05, 0) is 39.8 Å². The molecule has 1 saturated carbocycles. The van der Waals surface area contributed by atoms with Crippen LogP contribution in [0.1, 0.15) is 32.1 Å². The van der Waals surface area contributed by atoms with Crippen molar-refractivity contribution in [3.8, 4) is 0 Å². The summed E-state index contributed by atoms with van der Waals surface area (Å²) in [6.07, 6.45) is 3.67. The summed E-state index contributed by atoms with van der Waals surface area (Å²) < 4.78 is 26.1. The van der Waals surface area contributed by atoms with Gasteiger partial charge in [0.2, 0.25) is 5.91 Å². The summed E-state index contributed by atoms with van der Waals surface area (Å²) in [5.74, 6) is -3.03. The largest absolute Gasteiger partial charge is 0.352 e. The fraction of sp³-hybridized carbons (Fsp3) is 0.923. The molecule has 1 heterocycles. The van der Waals surface area contributed by atoms with Crippen LogP contribution in [0.15, 0.2) is 0 Å². The first-order valence-corrected chi connectivity index (χ1v) is 6.95. The standard InChI is InChI=1S/C13H23F2N3O/c1-18(2)10-5-3-4-9(6-10)17-12(19)11-7-13(14,15)8-16-11/h9-11,16H,3-8H2,1-2H3,(H,17,19). The summed E-state index contributed by atoms with van der Waals surface area (Å²) in [4.78, 5) is 14.1. The van der Waals surface area contributed by atoms with Crippen molar-refractivity contribution in [1.82, 2.24) is 15.5 Å². The predicted molar refractivity (Wildman–Crippen MR) is 69.2 cm³/mol. The van der Waals surface area contributed by atoms with Crippen molar-refractivity contribution >= 4 is 5.91 Å². The maximum atomic E-state index is 13.1. The van der Waals surface area contributed by atoms with E-state index in [0.29, 0.717) is 6.04 Å². The topological polar surface area (TPSA) is 44.4 Å². The molecular formula is C13H23F2N3O. The third kappa shape index (κ3) is 3.86. The Morgan fingerprint density at radius 1 is 1.37 bits per heavy atom. The second-order valence-corrected chi connectivity index (χ2v) is 5.98. The van der Waals surface area contributed by atoms with Crippen molar-refractivity contribution in [1.29, 1.82) is 0 Å². The van der Waals surface area contributed by atoms with Crippen LogP contribution in [0.2, 0.25) is 0 Å². The third-order valence-electron chi connectivity index (χ3n) is 4.15. The van der Waals surface area contributed by atoms with E-state index in [4.69, 9.17) is 0 Å². The van der Waals surface area contributed by atoms with Crippen LogP contribution in [0.3, 0.4) is 0 Å². The minimum absolute atomic E-state index is 0.115. The minimum atomic E-state index is -2.75. The number of nitrogens with one attached hydrogen (secondary N) is 2. The molecule has 1 aliphatic heterocycles. The van der Waals surface area contributed by atoms with Gasteiger partial charge in [0.15, 0.2) is 0 Å². The molecule has 2 N–H and O–H groups in total. The van der Waals surface area contributed by atoms with Crippen molar-refractivity contribution in [3.05, 3.63) is 0 Å². The molecule has 110 valence electrons. The Hall–Kier alpha value is -0.750. The second-order valence-electron chi connectivity index (χ2n) is 5.98. The van der Waals surface area contributed by atoms with E-state index < -0.39 is 18.5 Å². The van der Waals surface area contributed by atoms with Crippen LogP contribution < -0.4 is 10.6 Å². The van der Waals surface area contributed by atoms with Gasteiger partial charge in [0.05, 0.1) is 12.6 Å². The number of nitrogens with zero attached hydrogens (tertiary/aromatic N) is 1. The lowest BCUT2D eigenvalue weighted by Gasteiger charge is -2.34. The molecular weight excluding hydrogens is 252 g/mol. The minimum Gasteiger partial charge on any atom is -0.352 e. The van der Waals surface area contributed by atoms with E-state index in [-0.39, 0.29) is 18.4 Å². The number of hydrogen-bond acceptors (Lipinski definition) is 3. The number of alkyl halides is 2. The lowest BCUT2D eigenvalue weighted by molar-refractivity contribution is -0.124. The Labute approximate surface area is 112 Å². The summed E-state index contributed by atoms with van der Waals surface area (Å²) in [5, 5.41) is 5.52. The average molecular weight is 275 g/mol. The van der Waals surface area contributed by atoms with E-state index in [0.717, 1.165) is 25.7 Å². The number of amides is 1. The van der Waals surface area contributed by atoms with Gasteiger partial charge in [-0.25, -0.2) is 8.78 Å². The van der Waals surface area contributed by atoms with Gasteiger partial charge in [-0.3, -0.25) is 10.1 Å². The molecule has 1 saturated heterocycles. The van der Waals surface area contributed by atoms with E-state index >= 15 is 0 Å². The molecule has 1 aliphatic carbocycles. The highest BCUT2D eigenvalue weighted by Gasteiger charge is 2.42. The summed E-state index contributed by atoms with van der Waals surface area (Å²) in [6.45, 7) is -0.393. The average Bonchev–Trinajstić information content (AvgIpc) is 2.70. The Kier molecular flexibility index (Phi) is 4.40. The van der Waals surface area contributed by atoms with Crippen LogP contribution >= 0.6 is 0 Å². The van der Waals surface area contributed by atoms with Crippen molar-refractivity contribution in [2.24, 2.45) is 0 Å². The highest BCUT2D eigenvalue weighted by atomic mass is 19.3. The summed E-state index contributed by atoms with van der Waals surface area (Å²) in [6, 6.07) is -0.156. The molecule has 0 bridgehead atoms. The van der Waals surface area contributed by atoms with E-state index in [1.165, 1.54) is 0 Å². The van der Waals surface area contributed by atoms with Crippen molar-refractivity contribution < 1.29 is 13.6 Å². The Balaban J connectivity index is 1.82. The van der Waals surface area contributed by atoms with Gasteiger partial charge in [0.25, 0.3) is 5.92 Å². The number of rotatable bonds is 3. The van der Waals surface area contributed by atoms with E-state index in [9.17, 15) is 13.6 Å². The molecule has 0 aromatic rings. The molecule has 4 nitrogen and oxygen atoms in total. The monoisotopic (exact) mass is 275 g/mol. The van der Waals surface area contributed by atoms with Crippen LogP contribution in [0.25, 0.3) is 0 Å². The quantitative estimate of drug-likeness (QED) is 0.807. The normalized spacial score (nSPS) is 34.5. The van der Waals surface area contributed by atoms with Gasteiger partial charge in [0.1, 0.15) is 0 Å². The van der Waals surface area contributed by atoms with Crippen molar-refractivity contribution in [2.75, 3.05) is 20.6 Å². The molecule has 2 fully saturated rings. The van der Waals surface area contributed by atoms with E-state index in [1.54, 1.807) is 0 Å². The second kappa shape index (κ2) is 5.71. The first kappa shape index (κ1) is 14.7. The third-order valence-corrected chi connectivity index (χ3v) is 4.15. The highest BCUT2D eigenvalue weighted by molar-refractivity contribution is 5.82. The lowest BCUT2D eigenvalue weighted by atomic mass is 9.90. The molecule has 0 aromatic carbocycles. The highest BCUT2D eigenvalue weighted by Crippen LogP contribution is 2.26. The van der Waals surface area contributed by atoms with Crippen LogP contribution in [-0.4, -0.2) is 55.5 Å². The number of halogens is 2. The number of carbonyl (C=O) groups excluding carboxylic acids is 1. The molecule has 0 spiro atoms. The molecule has 2 rings (SSSR count). The molecule has 1 amide bonds.